The van der Waals surface area contributed by atoms with E-state index in [4.69, 9.17) is 0 Å². The molecule has 0 aliphatic carbocycles. The Morgan fingerprint density at radius 3 is 2.13 bits per heavy atom. The van der Waals surface area contributed by atoms with Crippen LogP contribution in [0.4, 0.5) is 0 Å². The van der Waals surface area contributed by atoms with Gasteiger partial charge in [-0.05, 0) is 61.7 Å². The van der Waals surface area contributed by atoms with E-state index in [2.05, 4.69) is 72.5 Å². The van der Waals surface area contributed by atoms with E-state index in [0.29, 0.717) is 5.92 Å². The molecule has 0 saturated carbocycles. The van der Waals surface area contributed by atoms with Crippen LogP contribution >= 0.6 is 0 Å². The Labute approximate surface area is 141 Å². The van der Waals surface area contributed by atoms with Gasteiger partial charge in [0, 0.05) is 6.54 Å². The minimum atomic E-state index is 0.682. The first-order valence-electron chi connectivity index (χ1n) is 9.16. The second-order valence-electron chi connectivity index (χ2n) is 6.95. The molecule has 0 amide bonds. The Bertz CT molecular complexity index is 555. The number of rotatable bonds is 6. The molecule has 1 aliphatic rings. The Morgan fingerprint density at radius 2 is 1.52 bits per heavy atom. The highest BCUT2D eigenvalue weighted by molar-refractivity contribution is 5.20. The zero-order valence-corrected chi connectivity index (χ0v) is 14.3. The van der Waals surface area contributed by atoms with E-state index in [-0.39, 0.29) is 0 Å². The van der Waals surface area contributed by atoms with E-state index in [1.165, 1.54) is 56.4 Å². The van der Waals surface area contributed by atoms with Crippen molar-refractivity contribution in [2.45, 2.75) is 38.5 Å². The summed E-state index contributed by atoms with van der Waals surface area (Å²) < 4.78 is 0. The molecule has 0 spiro atoms. The fraction of sp³-hybridized carbons (Fsp3) is 0.455. The molecule has 0 radical (unpaired) electrons. The molecule has 1 fully saturated rings. The highest BCUT2D eigenvalue weighted by Crippen LogP contribution is 2.25. The van der Waals surface area contributed by atoms with Crippen LogP contribution in [0.1, 0.15) is 43.2 Å². The van der Waals surface area contributed by atoms with Crippen molar-refractivity contribution in [2.24, 2.45) is 5.92 Å². The monoisotopic (exact) mass is 307 g/mol. The van der Waals surface area contributed by atoms with E-state index < -0.39 is 0 Å². The predicted molar refractivity (Wildman–Crippen MR) is 98.8 cm³/mol. The fourth-order valence-electron chi connectivity index (χ4n) is 3.83. The zero-order chi connectivity index (χ0) is 15.9. The highest BCUT2D eigenvalue weighted by atomic mass is 15.1. The van der Waals surface area contributed by atoms with Gasteiger partial charge in [-0.1, -0.05) is 67.6 Å². The lowest BCUT2D eigenvalue weighted by Gasteiger charge is -2.34. The molecular formula is C22H29N. The molecule has 1 unspecified atom stereocenters. The van der Waals surface area contributed by atoms with Crippen molar-refractivity contribution in [3.63, 3.8) is 0 Å². The maximum absolute atomic E-state index is 2.68. The first-order chi connectivity index (χ1) is 11.3. The molecule has 0 N–H and O–H groups in total. The van der Waals surface area contributed by atoms with Gasteiger partial charge in [-0.2, -0.15) is 0 Å². The average Bonchev–Trinajstić information content (AvgIpc) is 2.63. The molecule has 1 saturated heterocycles. The second kappa shape index (κ2) is 8.31. The van der Waals surface area contributed by atoms with Crippen LogP contribution in [0.2, 0.25) is 0 Å². The quantitative estimate of drug-likeness (QED) is 0.714. The lowest BCUT2D eigenvalue weighted by molar-refractivity contribution is 0.173. The van der Waals surface area contributed by atoms with Gasteiger partial charge in [-0.3, -0.25) is 0 Å². The Morgan fingerprint density at radius 1 is 0.913 bits per heavy atom. The van der Waals surface area contributed by atoms with Crippen molar-refractivity contribution >= 4 is 0 Å². The zero-order valence-electron chi connectivity index (χ0n) is 14.3. The van der Waals surface area contributed by atoms with E-state index in [1.807, 2.05) is 0 Å². The molecule has 0 aromatic heterocycles. The second-order valence-corrected chi connectivity index (χ2v) is 6.95. The summed E-state index contributed by atoms with van der Waals surface area (Å²) in [6.07, 6.45) is 5.18. The lowest BCUT2D eigenvalue weighted by atomic mass is 9.89. The van der Waals surface area contributed by atoms with Crippen molar-refractivity contribution in [1.29, 1.82) is 0 Å². The van der Waals surface area contributed by atoms with Gasteiger partial charge in [-0.25, -0.2) is 0 Å². The van der Waals surface area contributed by atoms with E-state index >= 15 is 0 Å². The number of benzene rings is 2. The molecule has 1 aliphatic heterocycles. The topological polar surface area (TPSA) is 3.24 Å². The minimum Gasteiger partial charge on any atom is -0.303 e. The third kappa shape index (κ3) is 4.68. The first-order valence-corrected chi connectivity index (χ1v) is 9.16. The van der Waals surface area contributed by atoms with Gasteiger partial charge in [0.05, 0.1) is 0 Å². The highest BCUT2D eigenvalue weighted by Gasteiger charge is 2.21. The van der Waals surface area contributed by atoms with Crippen LogP contribution in [0, 0.1) is 5.92 Å². The number of likely N-dealkylation sites (tertiary alicyclic amines) is 1. The van der Waals surface area contributed by atoms with E-state index in [1.54, 1.807) is 0 Å². The Kier molecular flexibility index (Phi) is 5.87. The number of piperidine rings is 1. The molecular weight excluding hydrogens is 278 g/mol. The summed E-state index contributed by atoms with van der Waals surface area (Å²) in [7, 11) is 0. The Hall–Kier alpha value is -1.60. The van der Waals surface area contributed by atoms with Crippen LogP contribution in [0.15, 0.2) is 60.7 Å². The number of nitrogens with zero attached hydrogens (tertiary/aromatic N) is 1. The first kappa shape index (κ1) is 16.3. The van der Waals surface area contributed by atoms with Gasteiger partial charge in [0.15, 0.2) is 0 Å². The summed E-state index contributed by atoms with van der Waals surface area (Å²) in [6, 6.07) is 22.0. The van der Waals surface area contributed by atoms with Crippen LogP contribution in [-0.4, -0.2) is 24.5 Å². The number of hydrogen-bond donors (Lipinski definition) is 0. The molecule has 1 atom stereocenters. The van der Waals surface area contributed by atoms with Crippen molar-refractivity contribution in [3.05, 3.63) is 71.8 Å². The van der Waals surface area contributed by atoms with Gasteiger partial charge >= 0.3 is 0 Å². The number of hydrogen-bond acceptors (Lipinski definition) is 1. The molecule has 2 aromatic carbocycles. The third-order valence-electron chi connectivity index (χ3n) is 5.32. The van der Waals surface area contributed by atoms with Crippen molar-refractivity contribution in [1.82, 2.24) is 4.90 Å². The van der Waals surface area contributed by atoms with Crippen LogP contribution in [0.25, 0.3) is 0 Å². The Balaban J connectivity index is 1.49. The van der Waals surface area contributed by atoms with Gasteiger partial charge in [-0.15, -0.1) is 0 Å². The van der Waals surface area contributed by atoms with Gasteiger partial charge < -0.3 is 4.90 Å². The third-order valence-corrected chi connectivity index (χ3v) is 5.32. The molecule has 0 bridgehead atoms. The smallest absolute Gasteiger partial charge is 0.00502 e. The van der Waals surface area contributed by atoms with Crippen molar-refractivity contribution in [3.8, 4) is 0 Å². The molecule has 2 aromatic rings. The van der Waals surface area contributed by atoms with E-state index in [9.17, 15) is 0 Å². The van der Waals surface area contributed by atoms with Gasteiger partial charge in [0.25, 0.3) is 0 Å². The van der Waals surface area contributed by atoms with Crippen molar-refractivity contribution < 1.29 is 0 Å². The molecule has 1 heteroatoms. The summed E-state index contributed by atoms with van der Waals surface area (Å²) in [4.78, 5) is 2.68. The molecule has 122 valence electrons. The van der Waals surface area contributed by atoms with Crippen LogP contribution in [0.3, 0.4) is 0 Å². The summed E-state index contributed by atoms with van der Waals surface area (Å²) >= 11 is 0. The summed E-state index contributed by atoms with van der Waals surface area (Å²) in [6.45, 7) is 6.07. The van der Waals surface area contributed by atoms with Crippen LogP contribution in [-0.2, 0) is 6.42 Å². The molecule has 1 nitrogen and oxygen atoms in total. The standard InChI is InChI=1S/C22H29N/c1-2-21(22-11-7-4-8-12-22)18-23-15-13-20(14-16-23)17-19-9-5-3-6-10-19/h3-12,20-21H,2,13-18H2,1H3. The summed E-state index contributed by atoms with van der Waals surface area (Å²) in [5, 5.41) is 0. The molecule has 23 heavy (non-hydrogen) atoms. The fourth-order valence-corrected chi connectivity index (χ4v) is 3.83. The minimum absolute atomic E-state index is 0.682. The maximum Gasteiger partial charge on any atom is 0.00502 e. The van der Waals surface area contributed by atoms with Gasteiger partial charge in [0.2, 0.25) is 0 Å². The summed E-state index contributed by atoms with van der Waals surface area (Å²) in [5.74, 6) is 1.55. The normalized spacial score (nSPS) is 18.0. The predicted octanol–water partition coefficient (Wildman–Crippen LogP) is 5.13. The van der Waals surface area contributed by atoms with Crippen LogP contribution in [0.5, 0.6) is 0 Å². The van der Waals surface area contributed by atoms with Crippen molar-refractivity contribution in [2.75, 3.05) is 19.6 Å². The molecule has 3 rings (SSSR count). The van der Waals surface area contributed by atoms with Crippen LogP contribution < -0.4 is 0 Å². The average molecular weight is 307 g/mol. The SMILES string of the molecule is CCC(CN1CCC(Cc2ccccc2)CC1)c1ccccc1. The maximum atomic E-state index is 2.68. The lowest BCUT2D eigenvalue weighted by Crippen LogP contribution is -2.37. The largest absolute Gasteiger partial charge is 0.303 e. The molecule has 1 heterocycles. The summed E-state index contributed by atoms with van der Waals surface area (Å²) in [5.41, 5.74) is 3.00. The van der Waals surface area contributed by atoms with E-state index in [0.717, 1.165) is 5.92 Å². The van der Waals surface area contributed by atoms with Gasteiger partial charge in [0.1, 0.15) is 0 Å².